The number of carbonyl (C=O) groups excluding carboxylic acids is 2. The second kappa shape index (κ2) is 9.42. The molecule has 0 aromatic heterocycles. The number of benzene rings is 2. The summed E-state index contributed by atoms with van der Waals surface area (Å²) in [6, 6.07) is 15.9. The topological polar surface area (TPSA) is 95.9 Å². The molecule has 1 heterocycles. The molecule has 0 radical (unpaired) electrons. The van der Waals surface area contributed by atoms with Crippen LogP contribution in [0.15, 0.2) is 48.5 Å². The lowest BCUT2D eigenvalue weighted by atomic mass is 9.98. The monoisotopic (exact) mass is 436 g/mol. The number of nitrogens with one attached hydrogen (secondary N) is 1. The van der Waals surface area contributed by atoms with Crippen LogP contribution in [-0.2, 0) is 14.3 Å². The normalized spacial score (nSPS) is 18.0. The van der Waals surface area contributed by atoms with E-state index in [1.165, 1.54) is 11.1 Å². The number of aliphatic carboxylic acids is 1. The number of ether oxygens (including phenoxy) is 1. The smallest absolute Gasteiger partial charge is 0.407 e. The molecule has 2 amide bonds. The number of carbonyl (C=O) groups is 3. The number of amides is 2. The van der Waals surface area contributed by atoms with Crippen LogP contribution in [0, 0.1) is 5.92 Å². The van der Waals surface area contributed by atoms with E-state index in [1.807, 2.05) is 24.3 Å². The Balaban J connectivity index is 1.27. The van der Waals surface area contributed by atoms with Gasteiger partial charge in [0.05, 0.1) is 0 Å². The maximum Gasteiger partial charge on any atom is 0.407 e. The number of fused-ring (bicyclic) bond motifs is 3. The van der Waals surface area contributed by atoms with Gasteiger partial charge in [0.2, 0.25) is 5.91 Å². The van der Waals surface area contributed by atoms with E-state index in [0.29, 0.717) is 19.5 Å². The summed E-state index contributed by atoms with van der Waals surface area (Å²) in [5.74, 6) is -0.929. The molecule has 7 heteroatoms. The van der Waals surface area contributed by atoms with Crippen molar-refractivity contribution in [2.75, 3.05) is 19.7 Å². The Labute approximate surface area is 187 Å². The standard InChI is InChI=1S/C25H28N2O5/c1-16(12-23(28)27-11-10-17(14-27)13-24(29)30)26-25(31)32-15-22-20-8-4-2-6-18(20)19-7-3-5-9-21(19)22/h2-9,16-17,22H,10-15H2,1H3,(H,26,31)(H,29,30)/t16-,17?/m1/s1. The van der Waals surface area contributed by atoms with Crippen LogP contribution in [0.1, 0.15) is 43.2 Å². The number of alkyl carbamates (subject to hydrolysis) is 1. The fourth-order valence-corrected chi connectivity index (χ4v) is 4.76. The summed E-state index contributed by atoms with van der Waals surface area (Å²) >= 11 is 0. The molecule has 1 aliphatic carbocycles. The Bertz CT molecular complexity index is 975. The van der Waals surface area contributed by atoms with Crippen molar-refractivity contribution >= 4 is 18.0 Å². The van der Waals surface area contributed by atoms with Crippen LogP contribution in [0.3, 0.4) is 0 Å². The third-order valence-electron chi connectivity index (χ3n) is 6.29. The van der Waals surface area contributed by atoms with Gasteiger partial charge in [-0.2, -0.15) is 0 Å². The van der Waals surface area contributed by atoms with Crippen molar-refractivity contribution in [2.24, 2.45) is 5.92 Å². The van der Waals surface area contributed by atoms with Crippen LogP contribution in [0.25, 0.3) is 11.1 Å². The summed E-state index contributed by atoms with van der Waals surface area (Å²) in [7, 11) is 0. The lowest BCUT2D eigenvalue weighted by molar-refractivity contribution is -0.138. The number of rotatable bonds is 7. The van der Waals surface area contributed by atoms with E-state index in [2.05, 4.69) is 29.6 Å². The minimum absolute atomic E-state index is 0.00171. The highest BCUT2D eigenvalue weighted by molar-refractivity contribution is 5.80. The number of hydrogen-bond acceptors (Lipinski definition) is 4. The summed E-state index contributed by atoms with van der Waals surface area (Å²) in [5.41, 5.74) is 4.63. The molecule has 0 saturated carbocycles. The van der Waals surface area contributed by atoms with Gasteiger partial charge in [0.25, 0.3) is 0 Å². The highest BCUT2D eigenvalue weighted by Crippen LogP contribution is 2.44. The predicted molar refractivity (Wildman–Crippen MR) is 119 cm³/mol. The van der Waals surface area contributed by atoms with Crippen LogP contribution in [0.5, 0.6) is 0 Å². The van der Waals surface area contributed by atoms with Gasteiger partial charge >= 0.3 is 12.1 Å². The van der Waals surface area contributed by atoms with Crippen molar-refractivity contribution in [1.29, 1.82) is 0 Å². The Morgan fingerprint density at radius 1 is 1.09 bits per heavy atom. The Kier molecular flexibility index (Phi) is 6.44. The number of likely N-dealkylation sites (tertiary alicyclic amines) is 1. The molecule has 2 atom stereocenters. The Morgan fingerprint density at radius 3 is 2.34 bits per heavy atom. The predicted octanol–water partition coefficient (Wildman–Crippen LogP) is 3.63. The summed E-state index contributed by atoms with van der Waals surface area (Å²) in [5, 5.41) is 11.7. The lowest BCUT2D eigenvalue weighted by Crippen LogP contribution is -2.39. The molecule has 2 N–H and O–H groups in total. The first kappa shape index (κ1) is 21.9. The molecule has 32 heavy (non-hydrogen) atoms. The van der Waals surface area contributed by atoms with E-state index < -0.39 is 12.1 Å². The summed E-state index contributed by atoms with van der Waals surface area (Å²) in [6.45, 7) is 3.02. The van der Waals surface area contributed by atoms with Gasteiger partial charge in [0.1, 0.15) is 6.61 Å². The Hall–Kier alpha value is -3.35. The van der Waals surface area contributed by atoms with E-state index in [4.69, 9.17) is 9.84 Å². The number of carboxylic acids is 1. The third kappa shape index (κ3) is 4.77. The van der Waals surface area contributed by atoms with Gasteiger partial charge in [-0.1, -0.05) is 48.5 Å². The second-order valence-electron chi connectivity index (χ2n) is 8.67. The molecule has 0 spiro atoms. The van der Waals surface area contributed by atoms with Crippen molar-refractivity contribution < 1.29 is 24.2 Å². The van der Waals surface area contributed by atoms with E-state index in [1.54, 1.807) is 11.8 Å². The van der Waals surface area contributed by atoms with Crippen LogP contribution < -0.4 is 5.32 Å². The zero-order chi connectivity index (χ0) is 22.7. The molecule has 2 aliphatic rings. The first-order chi connectivity index (χ1) is 15.4. The minimum atomic E-state index is -0.838. The molecule has 1 fully saturated rings. The van der Waals surface area contributed by atoms with Crippen LogP contribution >= 0.6 is 0 Å². The minimum Gasteiger partial charge on any atom is -0.481 e. The fraction of sp³-hybridized carbons (Fsp3) is 0.400. The van der Waals surface area contributed by atoms with Gasteiger partial charge in [0, 0.05) is 37.9 Å². The van der Waals surface area contributed by atoms with Crippen molar-refractivity contribution in [3.63, 3.8) is 0 Å². The highest BCUT2D eigenvalue weighted by Gasteiger charge is 2.30. The number of nitrogens with zero attached hydrogens (tertiary/aromatic N) is 1. The molecule has 1 unspecified atom stereocenters. The van der Waals surface area contributed by atoms with Crippen LogP contribution in [0.4, 0.5) is 4.79 Å². The summed E-state index contributed by atoms with van der Waals surface area (Å²) in [4.78, 5) is 37.4. The quantitative estimate of drug-likeness (QED) is 0.691. The van der Waals surface area contributed by atoms with E-state index in [9.17, 15) is 14.4 Å². The van der Waals surface area contributed by atoms with Crippen LogP contribution in [-0.4, -0.2) is 53.7 Å². The van der Waals surface area contributed by atoms with Gasteiger partial charge in [0.15, 0.2) is 0 Å². The zero-order valence-corrected chi connectivity index (χ0v) is 18.1. The average molecular weight is 437 g/mol. The molecule has 1 aliphatic heterocycles. The van der Waals surface area contributed by atoms with Crippen LogP contribution in [0.2, 0.25) is 0 Å². The Morgan fingerprint density at radius 2 is 1.72 bits per heavy atom. The lowest BCUT2D eigenvalue weighted by Gasteiger charge is -2.20. The van der Waals surface area contributed by atoms with Gasteiger partial charge in [-0.05, 0) is 41.5 Å². The molecule has 168 valence electrons. The highest BCUT2D eigenvalue weighted by atomic mass is 16.5. The van der Waals surface area contributed by atoms with Gasteiger partial charge in [-0.3, -0.25) is 9.59 Å². The van der Waals surface area contributed by atoms with E-state index in [-0.39, 0.29) is 43.2 Å². The van der Waals surface area contributed by atoms with Crippen molar-refractivity contribution in [2.45, 2.75) is 38.1 Å². The van der Waals surface area contributed by atoms with Crippen molar-refractivity contribution in [1.82, 2.24) is 10.2 Å². The number of carboxylic acid groups (broad SMARTS) is 1. The average Bonchev–Trinajstić information content (AvgIpc) is 3.34. The van der Waals surface area contributed by atoms with E-state index in [0.717, 1.165) is 11.1 Å². The molecule has 7 nitrogen and oxygen atoms in total. The molecule has 4 rings (SSSR count). The van der Waals surface area contributed by atoms with Gasteiger partial charge in [-0.25, -0.2) is 4.79 Å². The number of hydrogen-bond donors (Lipinski definition) is 2. The fourth-order valence-electron chi connectivity index (χ4n) is 4.76. The SMILES string of the molecule is C[C@H](CC(=O)N1CCC(CC(=O)O)C1)NC(=O)OCC1c2ccccc2-c2ccccc21. The molecule has 2 aromatic rings. The van der Waals surface area contributed by atoms with E-state index >= 15 is 0 Å². The summed E-state index contributed by atoms with van der Waals surface area (Å²) in [6.07, 6.45) is 0.394. The van der Waals surface area contributed by atoms with Crippen molar-refractivity contribution in [3.05, 3.63) is 59.7 Å². The molecule has 1 saturated heterocycles. The van der Waals surface area contributed by atoms with Crippen molar-refractivity contribution in [3.8, 4) is 11.1 Å². The molecule has 2 aromatic carbocycles. The first-order valence-corrected chi connectivity index (χ1v) is 11.0. The maximum atomic E-state index is 12.5. The zero-order valence-electron chi connectivity index (χ0n) is 18.1. The first-order valence-electron chi connectivity index (χ1n) is 11.0. The third-order valence-corrected chi connectivity index (χ3v) is 6.29. The van der Waals surface area contributed by atoms with Gasteiger partial charge in [-0.15, -0.1) is 0 Å². The summed E-state index contributed by atoms with van der Waals surface area (Å²) < 4.78 is 5.54. The molecular formula is C25H28N2O5. The molecular weight excluding hydrogens is 408 g/mol. The second-order valence-corrected chi connectivity index (χ2v) is 8.67. The largest absolute Gasteiger partial charge is 0.481 e. The maximum absolute atomic E-state index is 12.5. The van der Waals surface area contributed by atoms with Gasteiger partial charge < -0.3 is 20.1 Å². The molecule has 0 bridgehead atoms.